The van der Waals surface area contributed by atoms with Crippen molar-refractivity contribution < 1.29 is 18.3 Å². The molecule has 0 saturated carbocycles. The van der Waals surface area contributed by atoms with Gasteiger partial charge in [0.2, 0.25) is 0 Å². The molecule has 6 heteroatoms. The van der Waals surface area contributed by atoms with Gasteiger partial charge in [0, 0.05) is 0 Å². The zero-order chi connectivity index (χ0) is 11.8. The molecule has 2 heterocycles. The highest BCUT2D eigenvalue weighted by molar-refractivity contribution is 5.75. The van der Waals surface area contributed by atoms with Gasteiger partial charge < -0.3 is 14.5 Å². The summed E-state index contributed by atoms with van der Waals surface area (Å²) in [6.07, 6.45) is -0.349. The van der Waals surface area contributed by atoms with Gasteiger partial charge in [-0.2, -0.15) is 0 Å². The van der Waals surface area contributed by atoms with Gasteiger partial charge in [0.1, 0.15) is 17.4 Å². The number of aromatic nitrogens is 2. The van der Waals surface area contributed by atoms with Gasteiger partial charge in [0.25, 0.3) is 0 Å². The molecule has 1 atom stereocenters. The molecule has 1 aromatic heterocycles. The van der Waals surface area contributed by atoms with Crippen LogP contribution in [0.4, 0.5) is 8.78 Å². The number of benzene rings is 1. The molecule has 2 aromatic rings. The van der Waals surface area contributed by atoms with Gasteiger partial charge >= 0.3 is 0 Å². The summed E-state index contributed by atoms with van der Waals surface area (Å²) in [6, 6.07) is 2.52. The number of halogens is 2. The summed E-state index contributed by atoms with van der Waals surface area (Å²) < 4.78 is 37.1. The van der Waals surface area contributed by atoms with Gasteiger partial charge in [-0.05, 0) is 12.1 Å². The molecular weight excluding hydrogens is 230 g/mol. The minimum absolute atomic E-state index is 0.00539. The Morgan fingerprint density at radius 1 is 1.29 bits per heavy atom. The molecular formula is C11H10F2N2O2. The van der Waals surface area contributed by atoms with E-state index in [-0.39, 0.29) is 11.6 Å². The maximum Gasteiger partial charge on any atom is 0.186 e. The number of imidazole rings is 1. The minimum Gasteiger partial charge on any atom is -0.376 e. The summed E-state index contributed by atoms with van der Waals surface area (Å²) in [5.74, 6) is -1.39. The maximum atomic E-state index is 13.4. The van der Waals surface area contributed by atoms with Gasteiger partial charge in [0.15, 0.2) is 11.6 Å². The molecule has 17 heavy (non-hydrogen) atoms. The Kier molecular flexibility index (Phi) is 2.53. The number of ether oxygens (including phenoxy) is 2. The van der Waals surface area contributed by atoms with Crippen LogP contribution in [0.25, 0.3) is 11.0 Å². The van der Waals surface area contributed by atoms with Crippen LogP contribution in [0.2, 0.25) is 0 Å². The Morgan fingerprint density at radius 2 is 2.18 bits per heavy atom. The van der Waals surface area contributed by atoms with Crippen LogP contribution in [0.5, 0.6) is 0 Å². The molecule has 0 aliphatic carbocycles. The van der Waals surface area contributed by atoms with Crippen LogP contribution in [-0.4, -0.2) is 29.8 Å². The average Bonchev–Trinajstić information content (AvgIpc) is 2.80. The van der Waals surface area contributed by atoms with Gasteiger partial charge in [-0.3, -0.25) is 0 Å². The quantitative estimate of drug-likeness (QED) is 0.828. The van der Waals surface area contributed by atoms with E-state index in [1.165, 1.54) is 6.07 Å². The molecule has 0 bridgehead atoms. The van der Waals surface area contributed by atoms with Crippen molar-refractivity contribution in [3.8, 4) is 0 Å². The van der Waals surface area contributed by atoms with Crippen LogP contribution < -0.4 is 0 Å². The number of H-pyrrole nitrogens is 1. The fourth-order valence-electron chi connectivity index (χ4n) is 1.83. The van der Waals surface area contributed by atoms with E-state index in [1.807, 2.05) is 0 Å². The fraction of sp³-hybridized carbons (Fsp3) is 0.364. The summed E-state index contributed by atoms with van der Waals surface area (Å²) in [4.78, 5) is 6.93. The van der Waals surface area contributed by atoms with Gasteiger partial charge in [0.05, 0.1) is 25.3 Å². The first-order valence-corrected chi connectivity index (χ1v) is 5.28. The third-order valence-corrected chi connectivity index (χ3v) is 2.68. The van der Waals surface area contributed by atoms with E-state index in [9.17, 15) is 8.78 Å². The fourth-order valence-corrected chi connectivity index (χ4v) is 1.83. The third-order valence-electron chi connectivity index (χ3n) is 2.68. The van der Waals surface area contributed by atoms with Gasteiger partial charge in [-0.15, -0.1) is 0 Å². The van der Waals surface area contributed by atoms with Crippen LogP contribution >= 0.6 is 0 Å². The van der Waals surface area contributed by atoms with Crippen LogP contribution in [0, 0.1) is 11.6 Å². The topological polar surface area (TPSA) is 47.1 Å². The van der Waals surface area contributed by atoms with Crippen molar-refractivity contribution in [2.24, 2.45) is 0 Å². The van der Waals surface area contributed by atoms with E-state index >= 15 is 0 Å². The Balaban J connectivity index is 2.04. The highest BCUT2D eigenvalue weighted by atomic mass is 19.2. The molecule has 0 radical (unpaired) electrons. The largest absolute Gasteiger partial charge is 0.376 e. The van der Waals surface area contributed by atoms with Crippen molar-refractivity contribution in [1.82, 2.24) is 9.97 Å². The van der Waals surface area contributed by atoms with Crippen LogP contribution in [0.15, 0.2) is 12.1 Å². The highest BCUT2D eigenvalue weighted by Gasteiger charge is 2.21. The second-order valence-corrected chi connectivity index (χ2v) is 3.81. The summed E-state index contributed by atoms with van der Waals surface area (Å²) >= 11 is 0. The Morgan fingerprint density at radius 3 is 2.94 bits per heavy atom. The summed E-state index contributed by atoms with van der Waals surface area (Å²) in [5, 5.41) is 0. The molecule has 1 fully saturated rings. The first-order chi connectivity index (χ1) is 8.25. The number of fused-ring (bicyclic) bond motifs is 1. The lowest BCUT2D eigenvalue weighted by Gasteiger charge is -2.20. The molecule has 90 valence electrons. The lowest BCUT2D eigenvalue weighted by molar-refractivity contribution is -0.0931. The smallest absolute Gasteiger partial charge is 0.186 e. The van der Waals surface area contributed by atoms with Crippen LogP contribution in [-0.2, 0) is 9.47 Å². The zero-order valence-electron chi connectivity index (χ0n) is 8.87. The first kappa shape index (κ1) is 10.6. The normalized spacial score (nSPS) is 20.9. The minimum atomic E-state index is -0.943. The number of hydrogen-bond donors (Lipinski definition) is 1. The zero-order valence-corrected chi connectivity index (χ0v) is 8.87. The summed E-state index contributed by atoms with van der Waals surface area (Å²) in [6.45, 7) is 1.38. The predicted molar refractivity (Wildman–Crippen MR) is 55.5 cm³/mol. The Hall–Kier alpha value is -1.53. The highest BCUT2D eigenvalue weighted by Crippen LogP contribution is 2.23. The van der Waals surface area contributed by atoms with Crippen LogP contribution in [0.1, 0.15) is 11.9 Å². The number of hydrogen-bond acceptors (Lipinski definition) is 3. The molecule has 1 N–H and O–H groups in total. The molecule has 1 aliphatic heterocycles. The number of nitrogens with one attached hydrogen (secondary N) is 1. The lowest BCUT2D eigenvalue weighted by Crippen LogP contribution is -2.22. The SMILES string of the molecule is Fc1ccc2[nH]c(C3COCCO3)nc2c1F. The van der Waals surface area contributed by atoms with Crippen molar-refractivity contribution in [2.75, 3.05) is 19.8 Å². The van der Waals surface area contributed by atoms with E-state index in [1.54, 1.807) is 0 Å². The molecule has 3 rings (SSSR count). The summed E-state index contributed by atoms with van der Waals surface area (Å²) in [7, 11) is 0. The monoisotopic (exact) mass is 240 g/mol. The first-order valence-electron chi connectivity index (χ1n) is 5.28. The van der Waals surface area contributed by atoms with E-state index in [4.69, 9.17) is 9.47 Å². The molecule has 1 aromatic carbocycles. The van der Waals surface area contributed by atoms with E-state index in [0.717, 1.165) is 6.07 Å². The number of nitrogens with zero attached hydrogens (tertiary/aromatic N) is 1. The lowest BCUT2D eigenvalue weighted by atomic mass is 10.3. The standard InChI is InChI=1S/C11H10F2N2O2/c12-6-1-2-7-10(9(6)13)15-11(14-7)8-5-16-3-4-17-8/h1-2,8H,3-5H2,(H,14,15). The predicted octanol–water partition coefficient (Wildman–Crippen LogP) is 1.93. The third kappa shape index (κ3) is 1.79. The van der Waals surface area contributed by atoms with Crippen LogP contribution in [0.3, 0.4) is 0 Å². The molecule has 1 saturated heterocycles. The van der Waals surface area contributed by atoms with E-state index in [2.05, 4.69) is 9.97 Å². The Labute approximate surface area is 95.6 Å². The van der Waals surface area contributed by atoms with Crippen molar-refractivity contribution >= 4 is 11.0 Å². The van der Waals surface area contributed by atoms with Crippen molar-refractivity contribution in [1.29, 1.82) is 0 Å². The number of aromatic amines is 1. The molecule has 0 spiro atoms. The summed E-state index contributed by atoms with van der Waals surface area (Å²) in [5.41, 5.74) is 0.447. The second kappa shape index (κ2) is 4.05. The van der Waals surface area contributed by atoms with Crippen molar-refractivity contribution in [3.05, 3.63) is 29.6 Å². The van der Waals surface area contributed by atoms with Crippen molar-refractivity contribution in [2.45, 2.75) is 6.10 Å². The maximum absolute atomic E-state index is 13.4. The Bertz CT molecular complexity index is 550. The molecule has 0 amide bonds. The average molecular weight is 240 g/mol. The number of rotatable bonds is 1. The van der Waals surface area contributed by atoms with Crippen molar-refractivity contribution in [3.63, 3.8) is 0 Å². The molecule has 1 aliphatic rings. The molecule has 4 nitrogen and oxygen atoms in total. The molecule has 1 unspecified atom stereocenters. The van der Waals surface area contributed by atoms with E-state index < -0.39 is 11.6 Å². The van der Waals surface area contributed by atoms with Gasteiger partial charge in [-0.1, -0.05) is 0 Å². The van der Waals surface area contributed by atoms with Gasteiger partial charge in [-0.25, -0.2) is 13.8 Å². The second-order valence-electron chi connectivity index (χ2n) is 3.81. The van der Waals surface area contributed by atoms with E-state index in [0.29, 0.717) is 31.2 Å².